The Morgan fingerprint density at radius 2 is 1.85 bits per heavy atom. The molecule has 0 spiro atoms. The van der Waals surface area contributed by atoms with Crippen LogP contribution in [0.2, 0.25) is 5.02 Å². The summed E-state index contributed by atoms with van der Waals surface area (Å²) in [7, 11) is 3.09. The average Bonchev–Trinajstić information content (AvgIpc) is 3.30. The van der Waals surface area contributed by atoms with Crippen molar-refractivity contribution in [2.45, 2.75) is 26.8 Å². The normalized spacial score (nSPS) is 15.2. The summed E-state index contributed by atoms with van der Waals surface area (Å²) in [6, 6.07) is 7.71. The number of benzene rings is 2. The minimum atomic E-state index is -0.821. The largest absolute Gasteiger partial charge is 0.497 e. The van der Waals surface area contributed by atoms with E-state index in [4.69, 9.17) is 25.5 Å². The molecule has 4 aromatic rings. The number of rotatable bonds is 4. The first-order chi connectivity index (χ1) is 16.2. The quantitative estimate of drug-likeness (QED) is 0.366. The Hall–Kier alpha value is -3.36. The van der Waals surface area contributed by atoms with Gasteiger partial charge in [0.25, 0.3) is 5.91 Å². The molecule has 0 saturated carbocycles. The molecular weight excluding hydrogens is 476 g/mol. The Kier molecular flexibility index (Phi) is 5.37. The third kappa shape index (κ3) is 3.28. The molecule has 1 amide bonds. The third-order valence-corrected chi connectivity index (χ3v) is 7.59. The van der Waals surface area contributed by atoms with Gasteiger partial charge in [0.05, 0.1) is 30.9 Å². The number of aryl methyl sites for hydroxylation is 3. The molecule has 1 aliphatic heterocycles. The number of anilines is 1. The lowest BCUT2D eigenvalue weighted by Crippen LogP contribution is -2.29. The van der Waals surface area contributed by atoms with Gasteiger partial charge in [-0.25, -0.2) is 4.98 Å². The summed E-state index contributed by atoms with van der Waals surface area (Å²) in [6.45, 7) is 5.63. The van der Waals surface area contributed by atoms with E-state index in [2.05, 4.69) is 4.98 Å². The van der Waals surface area contributed by atoms with Gasteiger partial charge in [-0.1, -0.05) is 11.6 Å². The fourth-order valence-electron chi connectivity index (χ4n) is 4.20. The molecule has 34 heavy (non-hydrogen) atoms. The molecule has 0 aliphatic carbocycles. The van der Waals surface area contributed by atoms with Gasteiger partial charge in [0, 0.05) is 15.5 Å². The second kappa shape index (κ2) is 8.14. The number of fused-ring (bicyclic) bond motifs is 2. The van der Waals surface area contributed by atoms with Gasteiger partial charge in [0.2, 0.25) is 5.76 Å². The van der Waals surface area contributed by atoms with Crippen molar-refractivity contribution in [2.24, 2.45) is 0 Å². The predicted octanol–water partition coefficient (Wildman–Crippen LogP) is 5.60. The van der Waals surface area contributed by atoms with E-state index in [0.717, 1.165) is 16.1 Å². The van der Waals surface area contributed by atoms with E-state index in [9.17, 15) is 9.59 Å². The molecule has 174 valence electrons. The van der Waals surface area contributed by atoms with E-state index in [0.29, 0.717) is 38.2 Å². The lowest BCUT2D eigenvalue weighted by atomic mass is 9.97. The molecule has 2 aromatic carbocycles. The maximum Gasteiger partial charge on any atom is 0.297 e. The zero-order valence-electron chi connectivity index (χ0n) is 19.2. The highest BCUT2D eigenvalue weighted by Gasteiger charge is 2.46. The van der Waals surface area contributed by atoms with Crippen LogP contribution in [0.15, 0.2) is 39.5 Å². The van der Waals surface area contributed by atoms with Gasteiger partial charge < -0.3 is 13.9 Å². The van der Waals surface area contributed by atoms with E-state index in [1.165, 1.54) is 23.3 Å². The van der Waals surface area contributed by atoms with Crippen LogP contribution in [0.4, 0.5) is 5.13 Å². The summed E-state index contributed by atoms with van der Waals surface area (Å²) in [5.74, 6) is 0.611. The number of halogens is 1. The van der Waals surface area contributed by atoms with Gasteiger partial charge in [-0.15, -0.1) is 11.3 Å². The maximum atomic E-state index is 13.8. The number of hydrogen-bond donors (Lipinski definition) is 0. The number of nitrogens with zero attached hydrogens (tertiary/aromatic N) is 2. The highest BCUT2D eigenvalue weighted by atomic mass is 35.5. The smallest absolute Gasteiger partial charge is 0.297 e. The number of ether oxygens (including phenoxy) is 2. The van der Waals surface area contributed by atoms with Gasteiger partial charge in [0.1, 0.15) is 23.1 Å². The molecule has 5 rings (SSSR count). The summed E-state index contributed by atoms with van der Waals surface area (Å²) < 4.78 is 17.1. The minimum Gasteiger partial charge on any atom is -0.497 e. The number of methoxy groups -OCH3 is 2. The van der Waals surface area contributed by atoms with Crippen LogP contribution >= 0.6 is 22.9 Å². The van der Waals surface area contributed by atoms with Crippen LogP contribution in [0.25, 0.3) is 11.0 Å². The first kappa shape index (κ1) is 22.4. The Morgan fingerprint density at radius 1 is 1.09 bits per heavy atom. The lowest BCUT2D eigenvalue weighted by molar-refractivity contribution is 0.0970. The molecule has 2 aromatic heterocycles. The Labute approximate surface area is 204 Å². The molecule has 0 radical (unpaired) electrons. The SMILES string of the molecule is COc1ccc(OC)c(C2c3c(oc4cc(C)c(Cl)cc4c3=O)C(=O)N2c2nc(C)c(C)s2)c1. The molecule has 3 heterocycles. The number of aromatic nitrogens is 1. The molecule has 9 heteroatoms. The molecular formula is C25H21ClN2O5S. The van der Waals surface area contributed by atoms with E-state index in [1.54, 1.807) is 37.4 Å². The summed E-state index contributed by atoms with van der Waals surface area (Å²) >= 11 is 7.70. The molecule has 0 bridgehead atoms. The van der Waals surface area contributed by atoms with Crippen molar-refractivity contribution < 1.29 is 18.7 Å². The van der Waals surface area contributed by atoms with Crippen molar-refractivity contribution in [1.29, 1.82) is 0 Å². The van der Waals surface area contributed by atoms with Crippen molar-refractivity contribution in [3.63, 3.8) is 0 Å². The van der Waals surface area contributed by atoms with Crippen molar-refractivity contribution in [3.8, 4) is 11.5 Å². The monoisotopic (exact) mass is 496 g/mol. The minimum absolute atomic E-state index is 0.0143. The van der Waals surface area contributed by atoms with Crippen LogP contribution in [0.3, 0.4) is 0 Å². The van der Waals surface area contributed by atoms with Crippen LogP contribution in [-0.4, -0.2) is 25.1 Å². The van der Waals surface area contributed by atoms with Crippen LogP contribution < -0.4 is 19.8 Å². The molecule has 0 N–H and O–H groups in total. The number of carbonyl (C=O) groups excluding carboxylic acids is 1. The third-order valence-electron chi connectivity index (χ3n) is 6.11. The highest BCUT2D eigenvalue weighted by molar-refractivity contribution is 7.15. The maximum absolute atomic E-state index is 13.8. The van der Waals surface area contributed by atoms with Crippen LogP contribution in [0.1, 0.15) is 43.9 Å². The highest BCUT2D eigenvalue weighted by Crippen LogP contribution is 2.46. The van der Waals surface area contributed by atoms with Crippen LogP contribution in [0, 0.1) is 20.8 Å². The fourth-order valence-corrected chi connectivity index (χ4v) is 5.30. The second-order valence-electron chi connectivity index (χ2n) is 8.10. The molecule has 1 aliphatic rings. The van der Waals surface area contributed by atoms with E-state index >= 15 is 0 Å². The van der Waals surface area contributed by atoms with Gasteiger partial charge in [-0.3, -0.25) is 14.5 Å². The van der Waals surface area contributed by atoms with E-state index in [1.807, 2.05) is 20.8 Å². The summed E-state index contributed by atoms with van der Waals surface area (Å²) in [6.07, 6.45) is 0. The predicted molar refractivity (Wildman–Crippen MR) is 132 cm³/mol. The van der Waals surface area contributed by atoms with Crippen molar-refractivity contribution in [1.82, 2.24) is 4.98 Å². The fraction of sp³-hybridized carbons (Fsp3) is 0.240. The Bertz CT molecular complexity index is 1520. The molecule has 1 atom stereocenters. The van der Waals surface area contributed by atoms with E-state index in [-0.39, 0.29) is 16.8 Å². The summed E-state index contributed by atoms with van der Waals surface area (Å²) in [5.41, 5.74) is 2.35. The molecule has 0 saturated heterocycles. The van der Waals surface area contributed by atoms with Crippen molar-refractivity contribution in [2.75, 3.05) is 19.1 Å². The van der Waals surface area contributed by atoms with Crippen molar-refractivity contribution >= 4 is 44.9 Å². The summed E-state index contributed by atoms with van der Waals surface area (Å²) in [4.78, 5) is 34.7. The van der Waals surface area contributed by atoms with Crippen LogP contribution in [-0.2, 0) is 0 Å². The van der Waals surface area contributed by atoms with Crippen LogP contribution in [0.5, 0.6) is 11.5 Å². The number of amides is 1. The van der Waals surface area contributed by atoms with Gasteiger partial charge >= 0.3 is 0 Å². The first-order valence-corrected chi connectivity index (χ1v) is 11.7. The Balaban J connectivity index is 1.87. The number of hydrogen-bond acceptors (Lipinski definition) is 7. The standard InChI is InChI=1S/C25H21ClN2O5S/c1-11-8-19-16(10-17(11)26)22(29)20-21(15-9-14(31-4)6-7-18(15)32-5)28(24(30)23(20)33-19)25-27-12(2)13(3)34-25/h6-10,21H,1-5H3. The Morgan fingerprint density at radius 3 is 2.50 bits per heavy atom. The van der Waals surface area contributed by atoms with Gasteiger partial charge in [-0.05, 0) is 56.7 Å². The van der Waals surface area contributed by atoms with Crippen molar-refractivity contribution in [3.05, 3.63) is 78.6 Å². The average molecular weight is 497 g/mol. The lowest BCUT2D eigenvalue weighted by Gasteiger charge is -2.24. The van der Waals surface area contributed by atoms with Gasteiger partial charge in [-0.2, -0.15) is 0 Å². The zero-order valence-corrected chi connectivity index (χ0v) is 20.8. The molecule has 0 fully saturated rings. The molecule has 1 unspecified atom stereocenters. The number of thiazole rings is 1. The molecule has 7 nitrogen and oxygen atoms in total. The topological polar surface area (TPSA) is 81.9 Å². The van der Waals surface area contributed by atoms with E-state index < -0.39 is 11.9 Å². The van der Waals surface area contributed by atoms with Gasteiger partial charge in [0.15, 0.2) is 10.6 Å². The summed E-state index contributed by atoms with van der Waals surface area (Å²) in [5, 5.41) is 1.23. The first-order valence-electron chi connectivity index (χ1n) is 10.5. The zero-order chi connectivity index (χ0) is 24.3. The number of carbonyl (C=O) groups is 1. The second-order valence-corrected chi connectivity index (χ2v) is 9.68.